The third-order valence-corrected chi connectivity index (χ3v) is 9.09. The standard InChI is InChI=1S/C14H18Br2SeSi2/c1-18(2,3)9-7-11-13(15)14(16)12(17-11)8-10-19(4,5)6/h1-6H3. The van der Waals surface area contributed by atoms with Gasteiger partial charge in [0.05, 0.1) is 0 Å². The topological polar surface area (TPSA) is 0 Å². The first-order valence-corrected chi connectivity index (χ1v) is 16.3. The zero-order valence-electron chi connectivity index (χ0n) is 12.2. The SMILES string of the molecule is C[Si](C)(C)C#Cc1[se]c(C#C[Si](C)(C)C)c(Br)c1Br. The van der Waals surface area contributed by atoms with E-state index in [0.29, 0.717) is 0 Å². The molecular formula is C14H18Br2SeSi2. The average molecular weight is 481 g/mol. The van der Waals surface area contributed by atoms with E-state index >= 15 is 0 Å². The Labute approximate surface area is 141 Å². The molecule has 0 bridgehead atoms. The summed E-state index contributed by atoms with van der Waals surface area (Å²) in [6, 6.07) is 0. The first-order chi connectivity index (χ1) is 8.49. The average Bonchev–Trinajstić information content (AvgIpc) is 2.49. The van der Waals surface area contributed by atoms with Crippen molar-refractivity contribution in [3.63, 3.8) is 0 Å². The summed E-state index contributed by atoms with van der Waals surface area (Å²) in [6.45, 7) is 13.6. The van der Waals surface area contributed by atoms with E-state index in [4.69, 9.17) is 0 Å². The molecule has 0 radical (unpaired) electrons. The molecule has 0 aliphatic rings. The molecule has 0 N–H and O–H groups in total. The van der Waals surface area contributed by atoms with Crippen LogP contribution in [0, 0.1) is 22.9 Å². The van der Waals surface area contributed by atoms with Gasteiger partial charge in [0.25, 0.3) is 0 Å². The van der Waals surface area contributed by atoms with Crippen molar-refractivity contribution in [2.45, 2.75) is 39.3 Å². The van der Waals surface area contributed by atoms with Gasteiger partial charge in [-0.25, -0.2) is 0 Å². The van der Waals surface area contributed by atoms with Crippen LogP contribution in [-0.2, 0) is 0 Å². The third-order valence-electron chi connectivity index (χ3n) is 1.90. The van der Waals surface area contributed by atoms with Crippen LogP contribution in [0.1, 0.15) is 8.87 Å². The Kier molecular flexibility index (Phi) is 6.03. The van der Waals surface area contributed by atoms with Gasteiger partial charge in [0.1, 0.15) is 0 Å². The van der Waals surface area contributed by atoms with E-state index in [-0.39, 0.29) is 14.5 Å². The summed E-state index contributed by atoms with van der Waals surface area (Å²) in [4.78, 5) is 0. The molecule has 0 fully saturated rings. The molecule has 0 saturated carbocycles. The van der Waals surface area contributed by atoms with Crippen LogP contribution in [0.3, 0.4) is 0 Å². The van der Waals surface area contributed by atoms with Crippen molar-refractivity contribution in [2.24, 2.45) is 0 Å². The summed E-state index contributed by atoms with van der Waals surface area (Å²) in [7, 11) is -2.63. The van der Waals surface area contributed by atoms with Gasteiger partial charge >= 0.3 is 143 Å². The van der Waals surface area contributed by atoms with Crippen molar-refractivity contribution in [1.29, 1.82) is 0 Å². The van der Waals surface area contributed by atoms with Gasteiger partial charge in [-0.3, -0.25) is 0 Å². The van der Waals surface area contributed by atoms with Gasteiger partial charge in [-0.15, -0.1) is 0 Å². The molecule has 5 heteroatoms. The summed E-state index contributed by atoms with van der Waals surface area (Å²) in [6.07, 6.45) is 0. The molecule has 102 valence electrons. The number of halogens is 2. The third kappa shape index (κ3) is 6.21. The Morgan fingerprint density at radius 1 is 0.737 bits per heavy atom. The van der Waals surface area contributed by atoms with Crippen LogP contribution >= 0.6 is 31.9 Å². The van der Waals surface area contributed by atoms with Gasteiger partial charge in [-0.1, -0.05) is 0 Å². The molecule has 0 spiro atoms. The fraction of sp³-hybridized carbons (Fsp3) is 0.429. The second kappa shape index (κ2) is 6.52. The van der Waals surface area contributed by atoms with Crippen LogP contribution in [0.25, 0.3) is 0 Å². The molecule has 0 saturated heterocycles. The van der Waals surface area contributed by atoms with E-state index in [1.807, 2.05) is 0 Å². The van der Waals surface area contributed by atoms with Crippen molar-refractivity contribution < 1.29 is 0 Å². The summed E-state index contributed by atoms with van der Waals surface area (Å²) in [5.74, 6) is 6.75. The molecule has 0 atom stereocenters. The Bertz CT molecular complexity index is 544. The Morgan fingerprint density at radius 3 is 1.32 bits per heavy atom. The minimum atomic E-state index is -1.32. The second-order valence-corrected chi connectivity index (χ2v) is 19.6. The number of hydrogen-bond acceptors (Lipinski definition) is 0. The second-order valence-electron chi connectivity index (χ2n) is 6.39. The zero-order valence-corrected chi connectivity index (χ0v) is 19.0. The maximum atomic E-state index is 3.65. The molecule has 19 heavy (non-hydrogen) atoms. The van der Waals surface area contributed by atoms with Crippen LogP contribution < -0.4 is 0 Å². The minimum absolute atomic E-state index is 0.247. The molecular weight excluding hydrogens is 463 g/mol. The van der Waals surface area contributed by atoms with Crippen molar-refractivity contribution in [1.82, 2.24) is 0 Å². The predicted molar refractivity (Wildman–Crippen MR) is 99.2 cm³/mol. The van der Waals surface area contributed by atoms with Gasteiger partial charge in [0, 0.05) is 0 Å². The fourth-order valence-corrected chi connectivity index (χ4v) is 6.13. The maximum absolute atomic E-state index is 3.65. The quantitative estimate of drug-likeness (QED) is 0.372. The summed E-state index contributed by atoms with van der Waals surface area (Å²) >= 11 is 7.54. The first-order valence-electron chi connectivity index (χ1n) is 6.04. The molecule has 0 aromatic carbocycles. The molecule has 0 aliphatic carbocycles. The monoisotopic (exact) mass is 480 g/mol. The van der Waals surface area contributed by atoms with Gasteiger partial charge in [-0.2, -0.15) is 0 Å². The summed E-state index contributed by atoms with van der Waals surface area (Å²) in [5.41, 5.74) is 6.87. The summed E-state index contributed by atoms with van der Waals surface area (Å²) in [5, 5.41) is 0. The van der Waals surface area contributed by atoms with E-state index < -0.39 is 16.1 Å². The van der Waals surface area contributed by atoms with Crippen LogP contribution in [0.5, 0.6) is 0 Å². The number of hydrogen-bond donors (Lipinski definition) is 0. The molecule has 0 nitrogen and oxygen atoms in total. The van der Waals surface area contributed by atoms with E-state index in [0.717, 1.165) is 8.95 Å². The number of rotatable bonds is 0. The van der Waals surface area contributed by atoms with Gasteiger partial charge in [0.2, 0.25) is 0 Å². The van der Waals surface area contributed by atoms with Crippen LogP contribution in [0.15, 0.2) is 8.95 Å². The van der Waals surface area contributed by atoms with E-state index in [1.54, 1.807) is 0 Å². The molecule has 1 aromatic rings. The fourth-order valence-electron chi connectivity index (χ4n) is 1.04. The molecule has 0 unspecified atom stereocenters. The van der Waals surface area contributed by atoms with Crippen LogP contribution in [0.4, 0.5) is 0 Å². The summed E-state index contributed by atoms with van der Waals surface area (Å²) < 4.78 is 4.67. The van der Waals surface area contributed by atoms with E-state index in [2.05, 4.69) is 94.1 Å². The Balaban J connectivity index is 3.18. The first kappa shape index (κ1) is 17.6. The van der Waals surface area contributed by atoms with Crippen molar-refractivity contribution in [3.8, 4) is 22.9 Å². The Hall–Kier alpha value is 0.513. The molecule has 1 aromatic heterocycles. The van der Waals surface area contributed by atoms with Crippen LogP contribution in [0.2, 0.25) is 39.3 Å². The molecule has 0 aliphatic heterocycles. The Morgan fingerprint density at radius 2 is 1.05 bits per heavy atom. The van der Waals surface area contributed by atoms with Crippen LogP contribution in [-0.4, -0.2) is 30.7 Å². The normalized spacial score (nSPS) is 11.4. The molecule has 0 amide bonds. The van der Waals surface area contributed by atoms with Gasteiger partial charge < -0.3 is 0 Å². The van der Waals surface area contributed by atoms with Gasteiger partial charge in [0.15, 0.2) is 0 Å². The van der Waals surface area contributed by atoms with Crippen molar-refractivity contribution in [3.05, 3.63) is 17.8 Å². The molecule has 1 heterocycles. The van der Waals surface area contributed by atoms with E-state index in [1.165, 1.54) is 8.87 Å². The van der Waals surface area contributed by atoms with Crippen molar-refractivity contribution in [2.75, 3.05) is 0 Å². The van der Waals surface area contributed by atoms with Crippen molar-refractivity contribution >= 4 is 62.5 Å². The van der Waals surface area contributed by atoms with E-state index in [9.17, 15) is 0 Å². The predicted octanol–water partition coefficient (Wildman–Crippen LogP) is 4.73. The zero-order chi connectivity index (χ0) is 14.8. The van der Waals surface area contributed by atoms with Gasteiger partial charge in [-0.05, 0) is 0 Å². The molecule has 1 rings (SSSR count).